The van der Waals surface area contributed by atoms with Crippen LogP contribution in [0, 0.1) is 0 Å². The zero-order valence-corrected chi connectivity index (χ0v) is 15.9. The molecule has 0 radical (unpaired) electrons. The minimum Gasteiger partial charge on any atom is -0.494 e. The van der Waals surface area contributed by atoms with Crippen molar-refractivity contribution < 1.29 is 4.74 Å². The lowest BCUT2D eigenvalue weighted by atomic mass is 9.95. The SMILES string of the molecule is CCOc1cccc(C2NCc3c(sc4c3CCCC4)-n3cccc32)c1. The minimum absolute atomic E-state index is 0.184. The van der Waals surface area contributed by atoms with E-state index in [9.17, 15) is 0 Å². The number of aryl methyl sites for hydroxylation is 1. The van der Waals surface area contributed by atoms with Crippen LogP contribution in [0.1, 0.15) is 53.1 Å². The van der Waals surface area contributed by atoms with E-state index < -0.39 is 0 Å². The van der Waals surface area contributed by atoms with Gasteiger partial charge in [0.05, 0.1) is 12.6 Å². The third-order valence-electron chi connectivity index (χ3n) is 5.54. The molecule has 1 N–H and O–H groups in total. The Bertz CT molecular complexity index is 940. The molecule has 2 aromatic heterocycles. The van der Waals surface area contributed by atoms with Crippen molar-refractivity contribution >= 4 is 11.3 Å². The molecule has 0 spiro atoms. The van der Waals surface area contributed by atoms with Gasteiger partial charge in [-0.3, -0.25) is 0 Å². The van der Waals surface area contributed by atoms with Gasteiger partial charge in [0.1, 0.15) is 10.8 Å². The largest absolute Gasteiger partial charge is 0.494 e. The van der Waals surface area contributed by atoms with E-state index in [1.165, 1.54) is 47.5 Å². The predicted molar refractivity (Wildman–Crippen MR) is 107 cm³/mol. The predicted octanol–water partition coefficient (Wildman–Crippen LogP) is 5.01. The molecule has 3 heterocycles. The van der Waals surface area contributed by atoms with Crippen molar-refractivity contribution in [3.8, 4) is 10.8 Å². The van der Waals surface area contributed by atoms with E-state index in [1.807, 2.05) is 24.3 Å². The highest BCUT2D eigenvalue weighted by molar-refractivity contribution is 7.15. The number of ether oxygens (including phenoxy) is 1. The van der Waals surface area contributed by atoms with E-state index >= 15 is 0 Å². The molecule has 134 valence electrons. The van der Waals surface area contributed by atoms with Gasteiger partial charge in [-0.15, -0.1) is 11.3 Å². The zero-order chi connectivity index (χ0) is 17.5. The lowest BCUT2D eigenvalue weighted by Crippen LogP contribution is -2.22. The van der Waals surface area contributed by atoms with Gasteiger partial charge in [0, 0.05) is 28.9 Å². The topological polar surface area (TPSA) is 26.2 Å². The maximum absolute atomic E-state index is 5.73. The van der Waals surface area contributed by atoms with Gasteiger partial charge in [0.2, 0.25) is 0 Å². The van der Waals surface area contributed by atoms with Crippen molar-refractivity contribution in [2.45, 2.75) is 45.2 Å². The van der Waals surface area contributed by atoms with E-state index in [0.717, 1.165) is 12.3 Å². The van der Waals surface area contributed by atoms with Crippen LogP contribution in [0.4, 0.5) is 0 Å². The van der Waals surface area contributed by atoms with Crippen LogP contribution in [0.15, 0.2) is 42.6 Å². The average Bonchev–Trinajstić information content (AvgIpc) is 3.25. The summed E-state index contributed by atoms with van der Waals surface area (Å²) in [5, 5.41) is 5.26. The van der Waals surface area contributed by atoms with Gasteiger partial charge in [-0.2, -0.15) is 0 Å². The number of aromatic nitrogens is 1. The van der Waals surface area contributed by atoms with Gasteiger partial charge in [0.25, 0.3) is 0 Å². The number of nitrogens with zero attached hydrogens (tertiary/aromatic N) is 1. The number of fused-ring (bicyclic) bond motifs is 5. The molecule has 0 bridgehead atoms. The molecule has 1 atom stereocenters. The van der Waals surface area contributed by atoms with Gasteiger partial charge in [-0.1, -0.05) is 12.1 Å². The van der Waals surface area contributed by atoms with Gasteiger partial charge in [-0.25, -0.2) is 0 Å². The van der Waals surface area contributed by atoms with Crippen LogP contribution in [0.3, 0.4) is 0 Å². The Kier molecular flexibility index (Phi) is 4.10. The van der Waals surface area contributed by atoms with Crippen molar-refractivity contribution in [2.75, 3.05) is 6.61 Å². The van der Waals surface area contributed by atoms with Crippen LogP contribution in [-0.4, -0.2) is 11.2 Å². The summed E-state index contributed by atoms with van der Waals surface area (Å²) < 4.78 is 8.14. The fraction of sp³-hybridized carbons (Fsp3) is 0.364. The number of nitrogens with one attached hydrogen (secondary N) is 1. The zero-order valence-electron chi connectivity index (χ0n) is 15.1. The monoisotopic (exact) mass is 364 g/mol. The molecule has 2 aliphatic rings. The Labute approximate surface area is 158 Å². The molecule has 0 saturated heterocycles. The lowest BCUT2D eigenvalue weighted by Gasteiger charge is -2.19. The summed E-state index contributed by atoms with van der Waals surface area (Å²) in [6.07, 6.45) is 7.38. The Morgan fingerprint density at radius 3 is 3.00 bits per heavy atom. The summed E-state index contributed by atoms with van der Waals surface area (Å²) in [5.41, 5.74) is 5.72. The normalized spacial score (nSPS) is 18.6. The van der Waals surface area contributed by atoms with Crippen LogP contribution in [0.2, 0.25) is 0 Å². The first kappa shape index (κ1) is 16.2. The molecule has 0 fully saturated rings. The highest BCUT2D eigenvalue weighted by Crippen LogP contribution is 2.41. The van der Waals surface area contributed by atoms with E-state index in [1.54, 1.807) is 10.4 Å². The summed E-state index contributed by atoms with van der Waals surface area (Å²) in [5.74, 6) is 0.946. The van der Waals surface area contributed by atoms with E-state index in [4.69, 9.17) is 4.74 Å². The summed E-state index contributed by atoms with van der Waals surface area (Å²) in [7, 11) is 0. The summed E-state index contributed by atoms with van der Waals surface area (Å²) in [6, 6.07) is 13.1. The number of benzene rings is 1. The average molecular weight is 365 g/mol. The quantitative estimate of drug-likeness (QED) is 0.707. The van der Waals surface area contributed by atoms with E-state index in [-0.39, 0.29) is 6.04 Å². The molecular formula is C22H24N2OS. The summed E-state index contributed by atoms with van der Waals surface area (Å²) >= 11 is 2.01. The third kappa shape index (κ3) is 2.60. The van der Waals surface area contributed by atoms with Crippen LogP contribution in [0.5, 0.6) is 5.75 Å². The number of hydrogen-bond acceptors (Lipinski definition) is 3. The third-order valence-corrected chi connectivity index (χ3v) is 6.87. The number of rotatable bonds is 3. The van der Waals surface area contributed by atoms with Gasteiger partial charge in [0.15, 0.2) is 0 Å². The molecular weight excluding hydrogens is 340 g/mol. The molecule has 26 heavy (non-hydrogen) atoms. The van der Waals surface area contributed by atoms with Gasteiger partial charge >= 0.3 is 0 Å². The van der Waals surface area contributed by atoms with Crippen molar-refractivity contribution in [3.05, 3.63) is 69.9 Å². The lowest BCUT2D eigenvalue weighted by molar-refractivity contribution is 0.339. The standard InChI is InChI=1S/C22H24N2OS/c1-2-25-16-8-5-7-15(13-16)21-19-10-6-12-24(19)22-18(14-23-21)17-9-3-4-11-20(17)26-22/h5-8,10,12-13,21,23H,2-4,9,11,14H2,1H3. The van der Waals surface area contributed by atoms with Gasteiger partial charge in [-0.05, 0) is 68.0 Å². The maximum atomic E-state index is 5.73. The van der Waals surface area contributed by atoms with Crippen molar-refractivity contribution in [1.29, 1.82) is 0 Å². The van der Waals surface area contributed by atoms with Crippen molar-refractivity contribution in [2.24, 2.45) is 0 Å². The van der Waals surface area contributed by atoms with Crippen LogP contribution in [-0.2, 0) is 19.4 Å². The first-order valence-electron chi connectivity index (χ1n) is 9.62. The Morgan fingerprint density at radius 2 is 2.08 bits per heavy atom. The van der Waals surface area contributed by atoms with E-state index in [0.29, 0.717) is 6.61 Å². The van der Waals surface area contributed by atoms with Crippen LogP contribution in [0.25, 0.3) is 5.00 Å². The van der Waals surface area contributed by atoms with Crippen LogP contribution < -0.4 is 10.1 Å². The fourth-order valence-corrected chi connectivity index (χ4v) is 5.77. The Morgan fingerprint density at radius 1 is 1.15 bits per heavy atom. The highest BCUT2D eigenvalue weighted by atomic mass is 32.1. The molecule has 1 unspecified atom stereocenters. The van der Waals surface area contributed by atoms with Crippen molar-refractivity contribution in [3.63, 3.8) is 0 Å². The number of thiophene rings is 1. The molecule has 5 rings (SSSR count). The van der Waals surface area contributed by atoms with Gasteiger partial charge < -0.3 is 14.6 Å². The Balaban J connectivity index is 1.59. The minimum atomic E-state index is 0.184. The maximum Gasteiger partial charge on any atom is 0.119 e. The van der Waals surface area contributed by atoms with Crippen LogP contribution >= 0.6 is 11.3 Å². The molecule has 1 aliphatic heterocycles. The smallest absolute Gasteiger partial charge is 0.119 e. The number of hydrogen-bond donors (Lipinski definition) is 1. The molecule has 0 saturated carbocycles. The molecule has 3 nitrogen and oxygen atoms in total. The molecule has 0 amide bonds. The van der Waals surface area contributed by atoms with Crippen molar-refractivity contribution in [1.82, 2.24) is 9.88 Å². The molecule has 4 heteroatoms. The molecule has 3 aromatic rings. The van der Waals surface area contributed by atoms with E-state index in [2.05, 4.69) is 46.4 Å². The summed E-state index contributed by atoms with van der Waals surface area (Å²) in [4.78, 5) is 1.61. The second kappa shape index (κ2) is 6.60. The molecule has 1 aromatic carbocycles. The Hall–Kier alpha value is -2.04. The first-order valence-corrected chi connectivity index (χ1v) is 10.4. The second-order valence-corrected chi connectivity index (χ2v) is 8.20. The second-order valence-electron chi connectivity index (χ2n) is 7.12. The molecule has 1 aliphatic carbocycles. The first-order chi connectivity index (χ1) is 12.8. The summed E-state index contributed by atoms with van der Waals surface area (Å²) in [6.45, 7) is 3.66. The highest BCUT2D eigenvalue weighted by Gasteiger charge is 2.28. The fourth-order valence-electron chi connectivity index (χ4n) is 4.36.